The van der Waals surface area contributed by atoms with Crippen LogP contribution < -0.4 is 0 Å². The van der Waals surface area contributed by atoms with Gasteiger partial charge in [-0.2, -0.15) is 0 Å². The lowest BCUT2D eigenvalue weighted by atomic mass is 10.1. The Kier molecular flexibility index (Phi) is 3.16. The van der Waals surface area contributed by atoms with Crippen molar-refractivity contribution in [2.45, 2.75) is 13.5 Å². The second kappa shape index (κ2) is 4.62. The molecule has 0 amide bonds. The fourth-order valence-electron chi connectivity index (χ4n) is 2.26. The van der Waals surface area contributed by atoms with Crippen molar-refractivity contribution in [1.29, 1.82) is 0 Å². The number of carboxylic acids is 1. The quantitative estimate of drug-likeness (QED) is 0.801. The molecule has 1 heterocycles. The number of aliphatic hydroxyl groups is 1. The first-order valence-electron chi connectivity index (χ1n) is 5.53. The van der Waals surface area contributed by atoms with Crippen LogP contribution in [0.15, 0.2) is 18.2 Å². The molecule has 0 aliphatic carbocycles. The number of hydrogen-bond donors (Lipinski definition) is 2. The summed E-state index contributed by atoms with van der Waals surface area (Å²) < 4.78 is 1.67. The van der Waals surface area contributed by atoms with Crippen LogP contribution in [0.3, 0.4) is 0 Å². The molecule has 0 aliphatic rings. The summed E-state index contributed by atoms with van der Waals surface area (Å²) in [5, 5.41) is 18.8. The minimum absolute atomic E-state index is 0.114. The number of fused-ring (bicyclic) bond motifs is 1. The summed E-state index contributed by atoms with van der Waals surface area (Å²) in [4.78, 5) is 22.3. The molecule has 0 saturated carbocycles. The highest BCUT2D eigenvalue weighted by atomic mass is 16.4. The topological polar surface area (TPSA) is 79.5 Å². The van der Waals surface area contributed by atoms with Gasteiger partial charge in [0.15, 0.2) is 6.29 Å². The van der Waals surface area contributed by atoms with E-state index in [2.05, 4.69) is 0 Å². The van der Waals surface area contributed by atoms with Crippen molar-refractivity contribution in [3.63, 3.8) is 0 Å². The van der Waals surface area contributed by atoms with Crippen LogP contribution in [0, 0.1) is 6.92 Å². The summed E-state index contributed by atoms with van der Waals surface area (Å²) in [5.74, 6) is -1.05. The zero-order valence-corrected chi connectivity index (χ0v) is 9.88. The Hall–Kier alpha value is -2.14. The molecule has 0 fully saturated rings. The van der Waals surface area contributed by atoms with Gasteiger partial charge in [-0.05, 0) is 13.0 Å². The van der Waals surface area contributed by atoms with E-state index in [9.17, 15) is 14.7 Å². The van der Waals surface area contributed by atoms with Crippen molar-refractivity contribution in [3.8, 4) is 0 Å². The van der Waals surface area contributed by atoms with Gasteiger partial charge in [0.05, 0.1) is 17.7 Å². The Morgan fingerprint density at radius 3 is 2.72 bits per heavy atom. The highest BCUT2D eigenvalue weighted by Crippen LogP contribution is 2.27. The Morgan fingerprint density at radius 1 is 1.44 bits per heavy atom. The summed E-state index contributed by atoms with van der Waals surface area (Å²) in [5.41, 5.74) is 1.76. The number of aliphatic hydroxyl groups excluding tert-OH is 1. The third-order valence-corrected chi connectivity index (χ3v) is 3.06. The third kappa shape index (κ3) is 1.69. The SMILES string of the molecule is Cc1c(C=O)c2cccc(C(=O)O)c2n1CCO. The summed E-state index contributed by atoms with van der Waals surface area (Å²) in [6, 6.07) is 4.82. The molecule has 0 aliphatic heterocycles. The molecule has 18 heavy (non-hydrogen) atoms. The smallest absolute Gasteiger partial charge is 0.337 e. The van der Waals surface area contributed by atoms with Crippen LogP contribution in [0.1, 0.15) is 26.4 Å². The van der Waals surface area contributed by atoms with E-state index in [-0.39, 0.29) is 18.7 Å². The van der Waals surface area contributed by atoms with Gasteiger partial charge in [-0.25, -0.2) is 4.79 Å². The first-order valence-corrected chi connectivity index (χ1v) is 5.53. The molecule has 1 aromatic carbocycles. The number of carbonyl (C=O) groups is 2. The summed E-state index contributed by atoms with van der Waals surface area (Å²) in [6.45, 7) is 1.89. The maximum atomic E-state index is 11.2. The molecule has 2 aromatic rings. The Morgan fingerprint density at radius 2 is 2.17 bits per heavy atom. The van der Waals surface area contributed by atoms with E-state index in [1.54, 1.807) is 23.6 Å². The van der Waals surface area contributed by atoms with Crippen LogP contribution in [-0.2, 0) is 6.54 Å². The number of carbonyl (C=O) groups excluding carboxylic acids is 1. The first-order chi connectivity index (χ1) is 8.61. The van der Waals surface area contributed by atoms with Gasteiger partial charge in [-0.15, -0.1) is 0 Å². The second-order valence-electron chi connectivity index (χ2n) is 4.00. The molecule has 0 spiro atoms. The lowest BCUT2D eigenvalue weighted by Gasteiger charge is -2.07. The highest BCUT2D eigenvalue weighted by molar-refractivity contribution is 6.08. The van der Waals surface area contributed by atoms with Crippen LogP contribution in [0.4, 0.5) is 0 Å². The molecule has 0 atom stereocenters. The second-order valence-corrected chi connectivity index (χ2v) is 4.00. The third-order valence-electron chi connectivity index (χ3n) is 3.06. The van der Waals surface area contributed by atoms with E-state index in [1.165, 1.54) is 6.07 Å². The zero-order valence-electron chi connectivity index (χ0n) is 9.88. The van der Waals surface area contributed by atoms with E-state index in [1.807, 2.05) is 0 Å². The number of hydrogen-bond acceptors (Lipinski definition) is 3. The molecule has 2 rings (SSSR count). The number of benzene rings is 1. The largest absolute Gasteiger partial charge is 0.478 e. The molecule has 1 aromatic heterocycles. The van der Waals surface area contributed by atoms with Crippen molar-refractivity contribution < 1.29 is 19.8 Å². The zero-order chi connectivity index (χ0) is 13.3. The number of nitrogens with zero attached hydrogens (tertiary/aromatic N) is 1. The van der Waals surface area contributed by atoms with Gasteiger partial charge in [0.1, 0.15) is 0 Å². The molecule has 5 heteroatoms. The summed E-state index contributed by atoms with van der Waals surface area (Å²) >= 11 is 0. The predicted molar refractivity (Wildman–Crippen MR) is 66.1 cm³/mol. The van der Waals surface area contributed by atoms with Crippen molar-refractivity contribution >= 4 is 23.2 Å². The molecule has 2 N–H and O–H groups in total. The van der Waals surface area contributed by atoms with Crippen LogP contribution in [0.5, 0.6) is 0 Å². The highest BCUT2D eigenvalue weighted by Gasteiger charge is 2.18. The number of carboxylic acid groups (broad SMARTS) is 1. The van der Waals surface area contributed by atoms with Crippen molar-refractivity contribution in [2.75, 3.05) is 6.61 Å². The van der Waals surface area contributed by atoms with Gasteiger partial charge in [-0.1, -0.05) is 12.1 Å². The molecular weight excluding hydrogens is 234 g/mol. The Labute approximate surface area is 103 Å². The van der Waals surface area contributed by atoms with E-state index < -0.39 is 5.97 Å². The van der Waals surface area contributed by atoms with Crippen molar-refractivity contribution in [3.05, 3.63) is 35.0 Å². The van der Waals surface area contributed by atoms with E-state index in [4.69, 9.17) is 5.11 Å². The lowest BCUT2D eigenvalue weighted by Crippen LogP contribution is -2.07. The summed E-state index contributed by atoms with van der Waals surface area (Å²) in [6.07, 6.45) is 0.719. The summed E-state index contributed by atoms with van der Waals surface area (Å²) in [7, 11) is 0. The number of aromatic nitrogens is 1. The fraction of sp³-hybridized carbons (Fsp3) is 0.231. The van der Waals surface area contributed by atoms with Gasteiger partial charge in [0.25, 0.3) is 0 Å². The standard InChI is InChI=1S/C13H13NO4/c1-8-11(7-16)9-3-2-4-10(13(17)18)12(9)14(8)5-6-15/h2-4,7,15H,5-6H2,1H3,(H,17,18). The predicted octanol–water partition coefficient (Wildman–Crippen LogP) is 1.45. The normalized spacial score (nSPS) is 10.8. The molecule has 0 bridgehead atoms. The maximum Gasteiger partial charge on any atom is 0.337 e. The van der Waals surface area contributed by atoms with Crippen LogP contribution in [0.2, 0.25) is 0 Å². The molecule has 0 saturated heterocycles. The molecule has 94 valence electrons. The minimum atomic E-state index is -1.05. The van der Waals surface area contributed by atoms with Gasteiger partial charge in [0, 0.05) is 23.2 Å². The van der Waals surface area contributed by atoms with Gasteiger partial charge in [-0.3, -0.25) is 4.79 Å². The molecular formula is C13H13NO4. The Bertz CT molecular complexity index is 627. The van der Waals surface area contributed by atoms with Crippen LogP contribution in [-0.4, -0.2) is 33.6 Å². The van der Waals surface area contributed by atoms with E-state index >= 15 is 0 Å². The van der Waals surface area contributed by atoms with E-state index in [0.717, 1.165) is 6.29 Å². The van der Waals surface area contributed by atoms with Gasteiger partial charge in [0.2, 0.25) is 0 Å². The number of aldehydes is 1. The number of rotatable bonds is 4. The number of para-hydroxylation sites is 1. The first kappa shape index (κ1) is 12.3. The maximum absolute atomic E-state index is 11.2. The van der Waals surface area contributed by atoms with Crippen molar-refractivity contribution in [1.82, 2.24) is 4.57 Å². The monoisotopic (exact) mass is 247 g/mol. The average Bonchev–Trinajstić information content (AvgIpc) is 2.62. The minimum Gasteiger partial charge on any atom is -0.478 e. The van der Waals surface area contributed by atoms with Crippen molar-refractivity contribution in [2.24, 2.45) is 0 Å². The van der Waals surface area contributed by atoms with Crippen LogP contribution in [0.25, 0.3) is 10.9 Å². The van der Waals surface area contributed by atoms with Crippen LogP contribution >= 0.6 is 0 Å². The number of aromatic carboxylic acids is 1. The Balaban J connectivity index is 2.91. The molecule has 5 nitrogen and oxygen atoms in total. The molecule has 0 unspecified atom stereocenters. The van der Waals surface area contributed by atoms with Gasteiger partial charge < -0.3 is 14.8 Å². The van der Waals surface area contributed by atoms with Gasteiger partial charge >= 0.3 is 5.97 Å². The molecule has 0 radical (unpaired) electrons. The van der Waals surface area contributed by atoms with E-state index in [0.29, 0.717) is 22.2 Å². The lowest BCUT2D eigenvalue weighted by molar-refractivity contribution is 0.0698. The average molecular weight is 247 g/mol. The fourth-order valence-corrected chi connectivity index (χ4v) is 2.26.